The third-order valence-corrected chi connectivity index (χ3v) is 7.30. The maximum absolute atomic E-state index is 14.8. The lowest BCUT2D eigenvalue weighted by Crippen LogP contribution is -2.49. The van der Waals surface area contributed by atoms with E-state index in [1.165, 1.54) is 55.6 Å². The Morgan fingerprint density at radius 1 is 1.17 bits per heavy atom. The van der Waals surface area contributed by atoms with Gasteiger partial charge in [0, 0.05) is 23.2 Å². The average molecular weight is 578 g/mol. The van der Waals surface area contributed by atoms with Gasteiger partial charge in [0.2, 0.25) is 0 Å². The van der Waals surface area contributed by atoms with E-state index in [2.05, 4.69) is 10.3 Å². The van der Waals surface area contributed by atoms with Crippen LogP contribution in [0.3, 0.4) is 0 Å². The fourth-order valence-electron chi connectivity index (χ4n) is 4.49. The summed E-state index contributed by atoms with van der Waals surface area (Å²) in [5.74, 6) is -0.618. The number of aliphatic hydroxyl groups excluding tert-OH is 1. The van der Waals surface area contributed by atoms with Crippen molar-refractivity contribution in [1.29, 1.82) is 0 Å². The number of methoxy groups -OCH3 is 1. The lowest BCUT2D eigenvalue weighted by molar-refractivity contribution is -0.184. The molecule has 2 aromatic carbocycles. The van der Waals surface area contributed by atoms with Gasteiger partial charge in [-0.3, -0.25) is 4.79 Å². The summed E-state index contributed by atoms with van der Waals surface area (Å²) in [4.78, 5) is 17.4. The van der Waals surface area contributed by atoms with Crippen LogP contribution in [0.2, 0.25) is 0 Å². The van der Waals surface area contributed by atoms with Crippen LogP contribution in [-0.2, 0) is 11.0 Å². The Labute approximate surface area is 234 Å². The van der Waals surface area contributed by atoms with Gasteiger partial charge in [-0.1, -0.05) is 6.92 Å². The van der Waals surface area contributed by atoms with Crippen LogP contribution in [0.15, 0.2) is 48.5 Å². The van der Waals surface area contributed by atoms with E-state index < -0.39 is 35.4 Å². The molecule has 0 radical (unpaired) electrons. The number of aliphatic hydroxyl groups is 1. The molecule has 0 spiro atoms. The number of carbonyl (C=O) groups is 1. The Hall–Kier alpha value is -3.90. The van der Waals surface area contributed by atoms with Gasteiger partial charge in [0.15, 0.2) is 17.2 Å². The molecule has 220 valence electrons. The summed E-state index contributed by atoms with van der Waals surface area (Å²) >= 11 is 0. The standard InChI is InChI=1S/C29H31F4N3O5/c1-4-28(34)16-41-25-20(28)14-23(36-24(25)17-5-8-19(30)9-6-17)27(2,29(31,32)33)15-35-26(38)18-7-10-21(40-12-11-37)22(13-18)39-3/h5-10,13-14,37H,4,11-12,15-16,34H2,1-3H3,(H,35,38). The first-order valence-electron chi connectivity index (χ1n) is 12.9. The first-order valence-corrected chi connectivity index (χ1v) is 12.9. The highest BCUT2D eigenvalue weighted by Gasteiger charge is 2.54. The number of benzene rings is 2. The van der Waals surface area contributed by atoms with Gasteiger partial charge in [0.05, 0.1) is 24.9 Å². The fourth-order valence-corrected chi connectivity index (χ4v) is 4.49. The van der Waals surface area contributed by atoms with Gasteiger partial charge in [-0.25, -0.2) is 9.37 Å². The summed E-state index contributed by atoms with van der Waals surface area (Å²) < 4.78 is 74.4. The van der Waals surface area contributed by atoms with E-state index in [0.29, 0.717) is 17.5 Å². The minimum absolute atomic E-state index is 0.00726. The second-order valence-electron chi connectivity index (χ2n) is 9.99. The van der Waals surface area contributed by atoms with Crippen LogP contribution in [0.5, 0.6) is 17.2 Å². The van der Waals surface area contributed by atoms with Crippen molar-refractivity contribution in [2.24, 2.45) is 5.73 Å². The Morgan fingerprint density at radius 3 is 2.49 bits per heavy atom. The first-order chi connectivity index (χ1) is 19.4. The monoisotopic (exact) mass is 577 g/mol. The SMILES string of the molecule is CCC1(N)COc2c1cc(C(C)(CNC(=O)c1ccc(OCCO)c(OC)c1)C(F)(F)F)nc2-c1ccc(F)cc1. The molecule has 0 saturated heterocycles. The Bertz CT molecular complexity index is 1420. The number of nitrogens with one attached hydrogen (secondary N) is 1. The van der Waals surface area contributed by atoms with Crippen LogP contribution < -0.4 is 25.3 Å². The molecule has 2 heterocycles. The molecule has 3 aromatic rings. The number of hydrogen-bond acceptors (Lipinski definition) is 7. The molecular weight excluding hydrogens is 546 g/mol. The van der Waals surface area contributed by atoms with Crippen molar-refractivity contribution in [2.45, 2.75) is 37.4 Å². The summed E-state index contributed by atoms with van der Waals surface area (Å²) in [5, 5.41) is 11.4. The summed E-state index contributed by atoms with van der Waals surface area (Å²) in [7, 11) is 1.35. The maximum atomic E-state index is 14.8. The number of hydrogen-bond donors (Lipinski definition) is 3. The summed E-state index contributed by atoms with van der Waals surface area (Å²) in [6.45, 7) is 1.69. The van der Waals surface area contributed by atoms with Crippen molar-refractivity contribution in [2.75, 3.05) is 33.5 Å². The van der Waals surface area contributed by atoms with E-state index in [-0.39, 0.29) is 54.0 Å². The lowest BCUT2D eigenvalue weighted by Gasteiger charge is -2.33. The van der Waals surface area contributed by atoms with Gasteiger partial charge in [-0.2, -0.15) is 13.2 Å². The van der Waals surface area contributed by atoms with Crippen molar-refractivity contribution < 1.29 is 41.7 Å². The van der Waals surface area contributed by atoms with Crippen LogP contribution in [0.1, 0.15) is 41.9 Å². The molecule has 0 saturated carbocycles. The zero-order valence-corrected chi connectivity index (χ0v) is 22.8. The predicted octanol–water partition coefficient (Wildman–Crippen LogP) is 4.47. The third-order valence-electron chi connectivity index (χ3n) is 7.30. The molecule has 1 aromatic heterocycles. The van der Waals surface area contributed by atoms with Crippen molar-refractivity contribution >= 4 is 5.91 Å². The molecule has 0 aliphatic carbocycles. The molecule has 1 aliphatic rings. The van der Waals surface area contributed by atoms with Gasteiger partial charge in [-0.15, -0.1) is 0 Å². The molecule has 12 heteroatoms. The molecule has 2 atom stereocenters. The minimum Gasteiger partial charge on any atom is -0.493 e. The largest absolute Gasteiger partial charge is 0.493 e. The fraction of sp³-hybridized carbons (Fsp3) is 0.379. The quantitative estimate of drug-likeness (QED) is 0.305. The summed E-state index contributed by atoms with van der Waals surface area (Å²) in [6.07, 6.45) is -4.46. The van der Waals surface area contributed by atoms with E-state index in [1.54, 1.807) is 6.92 Å². The number of rotatable bonds is 10. The van der Waals surface area contributed by atoms with Gasteiger partial charge in [-0.05, 0) is 61.9 Å². The highest BCUT2D eigenvalue weighted by atomic mass is 19.4. The number of ether oxygens (including phenoxy) is 3. The molecule has 1 amide bonds. The number of alkyl halides is 3. The molecule has 1 aliphatic heterocycles. The minimum atomic E-state index is -4.84. The van der Waals surface area contributed by atoms with Crippen LogP contribution in [0.25, 0.3) is 11.3 Å². The second kappa shape index (κ2) is 11.5. The van der Waals surface area contributed by atoms with Crippen molar-refractivity contribution in [3.05, 3.63) is 71.2 Å². The van der Waals surface area contributed by atoms with Crippen molar-refractivity contribution in [1.82, 2.24) is 10.3 Å². The van der Waals surface area contributed by atoms with Gasteiger partial charge in [0.25, 0.3) is 5.91 Å². The lowest BCUT2D eigenvalue weighted by atomic mass is 9.81. The van der Waals surface area contributed by atoms with Crippen molar-refractivity contribution in [3.8, 4) is 28.5 Å². The maximum Gasteiger partial charge on any atom is 0.401 e. The summed E-state index contributed by atoms with van der Waals surface area (Å²) in [5.41, 5.74) is 3.31. The zero-order chi connectivity index (χ0) is 30.0. The van der Waals surface area contributed by atoms with Crippen LogP contribution in [0, 0.1) is 5.82 Å². The molecule has 4 rings (SSSR count). The van der Waals surface area contributed by atoms with Crippen molar-refractivity contribution in [3.63, 3.8) is 0 Å². The topological polar surface area (TPSA) is 116 Å². The normalized spacial score (nSPS) is 17.8. The highest BCUT2D eigenvalue weighted by Crippen LogP contribution is 2.47. The zero-order valence-electron chi connectivity index (χ0n) is 22.8. The number of amides is 1. The highest BCUT2D eigenvalue weighted by molar-refractivity contribution is 5.95. The molecule has 0 fully saturated rings. The van der Waals surface area contributed by atoms with Crippen LogP contribution in [0.4, 0.5) is 17.6 Å². The Morgan fingerprint density at radius 2 is 1.88 bits per heavy atom. The summed E-state index contributed by atoms with van der Waals surface area (Å²) in [6, 6.07) is 10.6. The second-order valence-corrected chi connectivity index (χ2v) is 9.99. The van der Waals surface area contributed by atoms with Crippen LogP contribution in [-0.4, -0.2) is 55.6 Å². The Balaban J connectivity index is 1.73. The van der Waals surface area contributed by atoms with Crippen LogP contribution >= 0.6 is 0 Å². The first kappa shape index (κ1) is 30.1. The number of carbonyl (C=O) groups excluding carboxylic acids is 1. The van der Waals surface area contributed by atoms with E-state index in [9.17, 15) is 22.4 Å². The average Bonchev–Trinajstić information content (AvgIpc) is 3.30. The van der Waals surface area contributed by atoms with Gasteiger partial charge in [0.1, 0.15) is 30.1 Å². The van der Waals surface area contributed by atoms with Gasteiger partial charge >= 0.3 is 6.18 Å². The molecule has 8 nitrogen and oxygen atoms in total. The number of aromatic nitrogens is 1. The van der Waals surface area contributed by atoms with E-state index >= 15 is 0 Å². The van der Waals surface area contributed by atoms with E-state index in [4.69, 9.17) is 25.1 Å². The molecule has 4 N–H and O–H groups in total. The number of pyridine rings is 1. The molecule has 0 bridgehead atoms. The van der Waals surface area contributed by atoms with E-state index in [1.807, 2.05) is 0 Å². The number of nitrogens with two attached hydrogens (primary N) is 1. The van der Waals surface area contributed by atoms with Gasteiger partial charge < -0.3 is 30.4 Å². The number of halogens is 4. The molecule has 41 heavy (non-hydrogen) atoms. The number of fused-ring (bicyclic) bond motifs is 1. The predicted molar refractivity (Wildman–Crippen MR) is 143 cm³/mol. The van der Waals surface area contributed by atoms with E-state index in [0.717, 1.165) is 6.92 Å². The Kier molecular flexibility index (Phi) is 8.46. The molecule has 2 unspecified atom stereocenters. The number of nitrogens with zero attached hydrogens (tertiary/aromatic N) is 1. The smallest absolute Gasteiger partial charge is 0.401 e. The third kappa shape index (κ3) is 5.80. The molecular formula is C29H31F4N3O5.